The monoisotopic (exact) mass is 364 g/mol. The van der Waals surface area contributed by atoms with Gasteiger partial charge in [0, 0.05) is 32.2 Å². The van der Waals surface area contributed by atoms with Crippen molar-refractivity contribution in [3.63, 3.8) is 0 Å². The molecule has 0 aliphatic carbocycles. The van der Waals surface area contributed by atoms with Crippen LogP contribution in [0.2, 0.25) is 0 Å². The fourth-order valence-corrected chi connectivity index (χ4v) is 2.50. The molecule has 0 radical (unpaired) electrons. The topological polar surface area (TPSA) is 50.8 Å². The Kier molecular flexibility index (Phi) is 11.0. The molecule has 1 aliphatic rings. The molecule has 0 aromatic heterocycles. The molecule has 2 rings (SSSR count). The molecule has 23 heavy (non-hydrogen) atoms. The first-order chi connectivity index (χ1) is 10.2. The van der Waals surface area contributed by atoms with E-state index in [9.17, 15) is 4.79 Å². The maximum atomic E-state index is 11.4. The number of carbonyl (C=O) groups excluding carboxylic acids is 1. The van der Waals surface area contributed by atoms with Gasteiger partial charge in [-0.05, 0) is 31.5 Å². The minimum Gasteiger partial charge on any atom is -0.494 e. The second-order valence-corrected chi connectivity index (χ2v) is 5.31. The Bertz CT molecular complexity index is 474. The van der Waals surface area contributed by atoms with Crippen molar-refractivity contribution in [1.82, 2.24) is 10.2 Å². The Morgan fingerprint density at radius 3 is 2.87 bits per heavy atom. The van der Waals surface area contributed by atoms with Crippen molar-refractivity contribution in [3.8, 4) is 5.75 Å². The number of benzene rings is 1. The molecule has 0 amide bonds. The maximum absolute atomic E-state index is 11.4. The van der Waals surface area contributed by atoms with Crippen molar-refractivity contribution < 1.29 is 14.3 Å². The molecule has 1 saturated heterocycles. The van der Waals surface area contributed by atoms with Crippen molar-refractivity contribution in [3.05, 3.63) is 29.8 Å². The molecule has 0 spiro atoms. The highest BCUT2D eigenvalue weighted by Crippen LogP contribution is 2.14. The highest BCUT2D eigenvalue weighted by Gasteiger charge is 2.16. The predicted octanol–water partition coefficient (Wildman–Crippen LogP) is 2.38. The lowest BCUT2D eigenvalue weighted by molar-refractivity contribution is 0.0600. The van der Waals surface area contributed by atoms with Crippen molar-refractivity contribution in [2.24, 2.45) is 0 Å². The number of rotatable bonds is 6. The van der Waals surface area contributed by atoms with Gasteiger partial charge >= 0.3 is 5.97 Å². The van der Waals surface area contributed by atoms with E-state index in [-0.39, 0.29) is 30.8 Å². The molecule has 0 bridgehead atoms. The van der Waals surface area contributed by atoms with Crippen molar-refractivity contribution in [1.29, 1.82) is 0 Å². The minimum atomic E-state index is -0.338. The zero-order chi connectivity index (χ0) is 15.1. The normalized spacial score (nSPS) is 17.6. The van der Waals surface area contributed by atoms with Gasteiger partial charge in [0.15, 0.2) is 0 Å². The molecule has 1 fully saturated rings. The number of halogens is 2. The molecular formula is C16H26Cl2N2O3. The molecular weight excluding hydrogens is 339 g/mol. The largest absolute Gasteiger partial charge is 0.494 e. The fraction of sp³-hybridized carbons (Fsp3) is 0.562. The second-order valence-electron chi connectivity index (χ2n) is 5.31. The van der Waals surface area contributed by atoms with E-state index in [2.05, 4.69) is 17.1 Å². The summed E-state index contributed by atoms with van der Waals surface area (Å²) in [5.74, 6) is 0.376. The quantitative estimate of drug-likeness (QED) is 0.620. The summed E-state index contributed by atoms with van der Waals surface area (Å²) < 4.78 is 10.4. The number of piperazine rings is 1. The molecule has 1 aromatic carbocycles. The number of methoxy groups -OCH3 is 1. The fourth-order valence-electron chi connectivity index (χ4n) is 2.50. The summed E-state index contributed by atoms with van der Waals surface area (Å²) >= 11 is 0. The van der Waals surface area contributed by atoms with Crippen LogP contribution in [0.1, 0.15) is 23.7 Å². The number of esters is 1. The number of hydrogen-bond donors (Lipinski definition) is 1. The molecule has 132 valence electrons. The summed E-state index contributed by atoms with van der Waals surface area (Å²) in [6.07, 6.45) is 0.979. The van der Waals surface area contributed by atoms with E-state index in [0.29, 0.717) is 24.0 Å². The van der Waals surface area contributed by atoms with Crippen LogP contribution >= 0.6 is 24.8 Å². The van der Waals surface area contributed by atoms with E-state index in [1.54, 1.807) is 18.2 Å². The van der Waals surface area contributed by atoms with Gasteiger partial charge in [-0.3, -0.25) is 4.90 Å². The number of nitrogens with one attached hydrogen (secondary N) is 1. The van der Waals surface area contributed by atoms with E-state index in [0.717, 1.165) is 32.6 Å². The van der Waals surface area contributed by atoms with Gasteiger partial charge in [-0.15, -0.1) is 24.8 Å². The van der Waals surface area contributed by atoms with Crippen LogP contribution in [0, 0.1) is 0 Å². The highest BCUT2D eigenvalue weighted by molar-refractivity contribution is 5.89. The molecule has 1 N–H and O–H groups in total. The SMILES string of the molecule is COC(=O)c1cccc(OCCCN2CCNC[C@H]2C)c1.Cl.Cl. The maximum Gasteiger partial charge on any atom is 0.337 e. The summed E-state index contributed by atoms with van der Waals surface area (Å²) in [7, 11) is 1.38. The molecule has 7 heteroatoms. The van der Waals surface area contributed by atoms with Crippen molar-refractivity contribution in [2.75, 3.05) is 39.9 Å². The Labute approximate surface area is 150 Å². The molecule has 0 saturated carbocycles. The van der Waals surface area contributed by atoms with E-state index in [1.165, 1.54) is 7.11 Å². The Morgan fingerprint density at radius 1 is 1.39 bits per heavy atom. The van der Waals surface area contributed by atoms with Gasteiger partial charge in [0.2, 0.25) is 0 Å². The van der Waals surface area contributed by atoms with E-state index in [1.807, 2.05) is 6.07 Å². The van der Waals surface area contributed by atoms with Crippen LogP contribution < -0.4 is 10.1 Å². The first-order valence-electron chi connectivity index (χ1n) is 7.46. The van der Waals surface area contributed by atoms with Crippen LogP contribution in [-0.2, 0) is 4.74 Å². The summed E-state index contributed by atoms with van der Waals surface area (Å²) in [6, 6.07) is 7.70. The average Bonchev–Trinajstić information content (AvgIpc) is 2.52. The molecule has 0 unspecified atom stereocenters. The lowest BCUT2D eigenvalue weighted by atomic mass is 10.2. The van der Waals surface area contributed by atoms with E-state index >= 15 is 0 Å². The first kappa shape index (κ1) is 22.0. The van der Waals surface area contributed by atoms with Crippen LogP contribution in [0.25, 0.3) is 0 Å². The highest BCUT2D eigenvalue weighted by atomic mass is 35.5. The van der Waals surface area contributed by atoms with E-state index in [4.69, 9.17) is 9.47 Å². The number of carbonyl (C=O) groups is 1. The molecule has 1 aromatic rings. The van der Waals surface area contributed by atoms with Crippen molar-refractivity contribution in [2.45, 2.75) is 19.4 Å². The van der Waals surface area contributed by atoms with Gasteiger partial charge in [-0.25, -0.2) is 4.79 Å². The smallest absolute Gasteiger partial charge is 0.337 e. The predicted molar refractivity (Wildman–Crippen MR) is 96.3 cm³/mol. The van der Waals surface area contributed by atoms with Gasteiger partial charge in [-0.1, -0.05) is 6.07 Å². The van der Waals surface area contributed by atoms with Crippen LogP contribution in [0.4, 0.5) is 0 Å². The zero-order valence-corrected chi connectivity index (χ0v) is 15.3. The third-order valence-corrected chi connectivity index (χ3v) is 3.75. The standard InChI is InChI=1S/C16H24N2O3.2ClH/c1-13-12-17-7-9-18(13)8-4-10-21-15-6-3-5-14(11-15)16(19)20-2;;/h3,5-6,11,13,17H,4,7-10,12H2,1-2H3;2*1H/t13-;;/m1../s1. The minimum absolute atomic E-state index is 0. The van der Waals surface area contributed by atoms with Gasteiger partial charge in [0.05, 0.1) is 19.3 Å². The van der Waals surface area contributed by atoms with E-state index < -0.39 is 0 Å². The molecule has 1 heterocycles. The average molecular weight is 365 g/mol. The Balaban J connectivity index is 0.00000242. The third kappa shape index (κ3) is 6.96. The van der Waals surface area contributed by atoms with Crippen LogP contribution in [-0.4, -0.2) is 56.8 Å². The van der Waals surface area contributed by atoms with Crippen LogP contribution in [0.5, 0.6) is 5.75 Å². The van der Waals surface area contributed by atoms with Crippen molar-refractivity contribution >= 4 is 30.8 Å². The van der Waals surface area contributed by atoms with Gasteiger partial charge in [-0.2, -0.15) is 0 Å². The third-order valence-electron chi connectivity index (χ3n) is 3.75. The summed E-state index contributed by atoms with van der Waals surface area (Å²) in [4.78, 5) is 13.9. The number of ether oxygens (including phenoxy) is 2. The van der Waals surface area contributed by atoms with Gasteiger partial charge < -0.3 is 14.8 Å². The first-order valence-corrected chi connectivity index (χ1v) is 7.46. The molecule has 1 atom stereocenters. The van der Waals surface area contributed by atoms with Crippen LogP contribution in [0.15, 0.2) is 24.3 Å². The summed E-state index contributed by atoms with van der Waals surface area (Å²) in [5, 5.41) is 3.39. The lowest BCUT2D eigenvalue weighted by Crippen LogP contribution is -2.50. The number of nitrogens with zero attached hydrogens (tertiary/aromatic N) is 1. The second kappa shape index (κ2) is 11.5. The number of hydrogen-bond acceptors (Lipinski definition) is 5. The Morgan fingerprint density at radius 2 is 2.17 bits per heavy atom. The lowest BCUT2D eigenvalue weighted by Gasteiger charge is -2.33. The molecule has 1 aliphatic heterocycles. The van der Waals surface area contributed by atoms with Crippen LogP contribution in [0.3, 0.4) is 0 Å². The zero-order valence-electron chi connectivity index (χ0n) is 13.6. The summed E-state index contributed by atoms with van der Waals surface area (Å²) in [5.41, 5.74) is 0.519. The Hall–Kier alpha value is -1.01. The molecule has 5 nitrogen and oxygen atoms in total. The van der Waals surface area contributed by atoms with Gasteiger partial charge in [0.25, 0.3) is 0 Å². The van der Waals surface area contributed by atoms with Gasteiger partial charge in [0.1, 0.15) is 5.75 Å². The summed E-state index contributed by atoms with van der Waals surface area (Å²) in [6.45, 7) is 7.15.